The van der Waals surface area contributed by atoms with E-state index in [0.29, 0.717) is 29.6 Å². The standard InChI is InChI=1S/C29H41N5/c1-6-27-32-25-17-22-20(13-14-24(31)23(22)18-30)19(3)11-9-8-10-12-21(25)28(33-27)34-16-15-26(34)29(4,5)7-2/h13-14,19,26H,6-12,15-17,31H2,1-5H3. The molecule has 2 aromatic rings. The molecule has 2 aliphatic rings. The zero-order valence-corrected chi connectivity index (χ0v) is 21.7. The van der Waals surface area contributed by atoms with E-state index >= 15 is 0 Å². The molecule has 0 spiro atoms. The van der Waals surface area contributed by atoms with Crippen molar-refractivity contribution in [1.29, 1.82) is 5.26 Å². The molecular weight excluding hydrogens is 418 g/mol. The molecule has 1 fully saturated rings. The largest absolute Gasteiger partial charge is 0.398 e. The van der Waals surface area contributed by atoms with Crippen LogP contribution in [0.2, 0.25) is 0 Å². The fourth-order valence-electron chi connectivity index (χ4n) is 5.77. The number of nitrogens with two attached hydrogens (primary N) is 1. The molecule has 1 saturated heterocycles. The molecule has 2 heterocycles. The van der Waals surface area contributed by atoms with Gasteiger partial charge in [0.15, 0.2) is 0 Å². The summed E-state index contributed by atoms with van der Waals surface area (Å²) < 4.78 is 0. The summed E-state index contributed by atoms with van der Waals surface area (Å²) in [5, 5.41) is 10.0. The van der Waals surface area contributed by atoms with Crippen molar-refractivity contribution in [3.63, 3.8) is 0 Å². The molecule has 0 amide bonds. The number of anilines is 2. The lowest BCUT2D eigenvalue weighted by Gasteiger charge is -2.51. The fraction of sp³-hybridized carbons (Fsp3) is 0.621. The number of aryl methyl sites for hydroxylation is 1. The molecular formula is C29H41N5. The van der Waals surface area contributed by atoms with Crippen molar-refractivity contribution in [2.45, 2.75) is 104 Å². The van der Waals surface area contributed by atoms with Crippen LogP contribution in [0, 0.1) is 16.7 Å². The van der Waals surface area contributed by atoms with E-state index in [1.807, 2.05) is 6.07 Å². The van der Waals surface area contributed by atoms with Gasteiger partial charge in [-0.25, -0.2) is 9.97 Å². The Kier molecular flexibility index (Phi) is 7.17. The van der Waals surface area contributed by atoms with Crippen LogP contribution < -0.4 is 10.6 Å². The highest BCUT2D eigenvalue weighted by Crippen LogP contribution is 2.42. The lowest BCUT2D eigenvalue weighted by atomic mass is 9.75. The van der Waals surface area contributed by atoms with E-state index in [4.69, 9.17) is 15.7 Å². The van der Waals surface area contributed by atoms with Crippen LogP contribution in [0.3, 0.4) is 0 Å². The summed E-state index contributed by atoms with van der Waals surface area (Å²) in [6, 6.07) is 6.99. The highest BCUT2D eigenvalue weighted by molar-refractivity contribution is 5.63. The van der Waals surface area contributed by atoms with Crippen molar-refractivity contribution in [1.82, 2.24) is 9.97 Å². The van der Waals surface area contributed by atoms with Crippen LogP contribution in [0.4, 0.5) is 11.5 Å². The smallest absolute Gasteiger partial charge is 0.136 e. The van der Waals surface area contributed by atoms with Crippen LogP contribution in [0.5, 0.6) is 0 Å². The summed E-state index contributed by atoms with van der Waals surface area (Å²) in [4.78, 5) is 12.8. The Labute approximate surface area is 205 Å². The van der Waals surface area contributed by atoms with Crippen molar-refractivity contribution < 1.29 is 0 Å². The van der Waals surface area contributed by atoms with Gasteiger partial charge in [0.05, 0.1) is 11.3 Å². The molecule has 5 heteroatoms. The molecule has 2 N–H and O–H groups in total. The van der Waals surface area contributed by atoms with Gasteiger partial charge in [0, 0.05) is 36.7 Å². The second kappa shape index (κ2) is 9.94. The Hall–Kier alpha value is -2.61. The number of nitriles is 1. The molecule has 0 bridgehead atoms. The highest BCUT2D eigenvalue weighted by Gasteiger charge is 2.41. The number of fused-ring (bicyclic) bond motifs is 2. The van der Waals surface area contributed by atoms with Gasteiger partial charge in [0.25, 0.3) is 0 Å². The van der Waals surface area contributed by atoms with Crippen LogP contribution in [0.15, 0.2) is 12.1 Å². The quantitative estimate of drug-likeness (QED) is 0.541. The molecule has 1 aliphatic carbocycles. The van der Waals surface area contributed by atoms with Crippen LogP contribution in [0.25, 0.3) is 0 Å². The minimum absolute atomic E-state index is 0.250. The van der Waals surface area contributed by atoms with E-state index in [0.717, 1.165) is 61.5 Å². The first-order valence-corrected chi connectivity index (χ1v) is 13.3. The number of hydrogen-bond donors (Lipinski definition) is 1. The third-order valence-electron chi connectivity index (χ3n) is 8.47. The predicted molar refractivity (Wildman–Crippen MR) is 140 cm³/mol. The van der Waals surface area contributed by atoms with Gasteiger partial charge in [-0.05, 0) is 60.6 Å². The lowest BCUT2D eigenvalue weighted by molar-refractivity contribution is 0.204. The average molecular weight is 460 g/mol. The lowest BCUT2D eigenvalue weighted by Crippen LogP contribution is -2.56. The van der Waals surface area contributed by atoms with E-state index in [1.165, 1.54) is 30.4 Å². The van der Waals surface area contributed by atoms with E-state index in [1.54, 1.807) is 0 Å². The second-order valence-corrected chi connectivity index (χ2v) is 11.0. The van der Waals surface area contributed by atoms with Gasteiger partial charge in [-0.2, -0.15) is 5.26 Å². The van der Waals surface area contributed by atoms with Gasteiger partial charge in [0.2, 0.25) is 0 Å². The third-order valence-corrected chi connectivity index (χ3v) is 8.47. The minimum atomic E-state index is 0.250. The monoisotopic (exact) mass is 459 g/mol. The Morgan fingerprint density at radius 2 is 1.91 bits per heavy atom. The Balaban J connectivity index is 1.88. The third kappa shape index (κ3) is 4.52. The van der Waals surface area contributed by atoms with Crippen LogP contribution >= 0.6 is 0 Å². The topological polar surface area (TPSA) is 78.8 Å². The average Bonchev–Trinajstić information content (AvgIpc) is 2.81. The zero-order chi connectivity index (χ0) is 24.5. The molecule has 1 aliphatic heterocycles. The van der Waals surface area contributed by atoms with Crippen molar-refractivity contribution in [2.24, 2.45) is 5.41 Å². The number of hydrogen-bond acceptors (Lipinski definition) is 5. The van der Waals surface area contributed by atoms with E-state index in [-0.39, 0.29) is 5.41 Å². The van der Waals surface area contributed by atoms with E-state index < -0.39 is 0 Å². The minimum Gasteiger partial charge on any atom is -0.398 e. The van der Waals surface area contributed by atoms with Gasteiger partial charge in [-0.1, -0.05) is 53.5 Å². The number of aromatic nitrogens is 2. The summed E-state index contributed by atoms with van der Waals surface area (Å²) >= 11 is 0. The Morgan fingerprint density at radius 1 is 1.12 bits per heavy atom. The molecule has 1 aromatic heterocycles. The maximum Gasteiger partial charge on any atom is 0.136 e. The molecule has 0 radical (unpaired) electrons. The van der Waals surface area contributed by atoms with Gasteiger partial charge in [0.1, 0.15) is 17.7 Å². The maximum atomic E-state index is 10.0. The number of rotatable bonds is 4. The van der Waals surface area contributed by atoms with Crippen LogP contribution in [-0.4, -0.2) is 22.6 Å². The molecule has 0 saturated carbocycles. The SMILES string of the molecule is CCc1nc2c(c(N3CCC3C(C)(C)CC)n1)CCCCCC(C)c1ccc(N)c(C#N)c1C2. The maximum absolute atomic E-state index is 10.0. The van der Waals surface area contributed by atoms with Gasteiger partial charge in [-0.15, -0.1) is 0 Å². The van der Waals surface area contributed by atoms with E-state index in [9.17, 15) is 5.26 Å². The van der Waals surface area contributed by atoms with Gasteiger partial charge >= 0.3 is 0 Å². The molecule has 2 atom stereocenters. The number of nitrogen functional groups attached to an aromatic ring is 1. The van der Waals surface area contributed by atoms with Crippen LogP contribution in [-0.2, 0) is 19.3 Å². The first-order chi connectivity index (χ1) is 16.3. The summed E-state index contributed by atoms with van der Waals surface area (Å²) in [6.07, 6.45) is 9.52. The van der Waals surface area contributed by atoms with Gasteiger partial charge < -0.3 is 10.6 Å². The summed E-state index contributed by atoms with van der Waals surface area (Å²) in [5.41, 5.74) is 12.5. The molecule has 34 heavy (non-hydrogen) atoms. The summed E-state index contributed by atoms with van der Waals surface area (Å²) in [6.45, 7) is 12.5. The van der Waals surface area contributed by atoms with Crippen molar-refractivity contribution in [3.05, 3.63) is 45.9 Å². The zero-order valence-electron chi connectivity index (χ0n) is 21.7. The first-order valence-electron chi connectivity index (χ1n) is 13.3. The number of nitrogens with zero attached hydrogens (tertiary/aromatic N) is 4. The van der Waals surface area contributed by atoms with Gasteiger partial charge in [-0.3, -0.25) is 0 Å². The Morgan fingerprint density at radius 3 is 2.56 bits per heavy atom. The first kappa shape index (κ1) is 24.5. The molecule has 4 rings (SSSR count). The summed E-state index contributed by atoms with van der Waals surface area (Å²) in [7, 11) is 0. The molecule has 5 nitrogen and oxygen atoms in total. The van der Waals surface area contributed by atoms with E-state index in [2.05, 4.69) is 51.7 Å². The fourth-order valence-corrected chi connectivity index (χ4v) is 5.77. The molecule has 182 valence electrons. The predicted octanol–water partition coefficient (Wildman–Crippen LogP) is 6.32. The normalized spacial score (nSPS) is 21.0. The van der Waals surface area contributed by atoms with Crippen molar-refractivity contribution in [2.75, 3.05) is 17.2 Å². The highest BCUT2D eigenvalue weighted by atomic mass is 15.3. The molecule has 1 aromatic carbocycles. The number of benzene rings is 1. The second-order valence-electron chi connectivity index (χ2n) is 11.0. The van der Waals surface area contributed by atoms with Crippen LogP contribution in [0.1, 0.15) is 113 Å². The summed E-state index contributed by atoms with van der Waals surface area (Å²) in [5.74, 6) is 2.46. The van der Waals surface area contributed by atoms with Crippen molar-refractivity contribution in [3.8, 4) is 6.07 Å². The van der Waals surface area contributed by atoms with Crippen molar-refractivity contribution >= 4 is 11.5 Å². The molecule has 2 unspecified atom stereocenters. The Bertz CT molecular complexity index is 1080.